The van der Waals surface area contributed by atoms with Crippen molar-refractivity contribution in [3.63, 3.8) is 0 Å². The number of nitrogens with one attached hydrogen (secondary N) is 1. The van der Waals surface area contributed by atoms with Gasteiger partial charge in [0.25, 0.3) is 0 Å². The van der Waals surface area contributed by atoms with E-state index < -0.39 is 35.8 Å². The van der Waals surface area contributed by atoms with Crippen LogP contribution in [0.15, 0.2) is 60.7 Å². The molecule has 10 heteroatoms. The van der Waals surface area contributed by atoms with Crippen molar-refractivity contribution in [3.8, 4) is 0 Å². The van der Waals surface area contributed by atoms with Crippen LogP contribution in [0.3, 0.4) is 0 Å². The first-order valence-corrected chi connectivity index (χ1v) is 13.9. The third-order valence-corrected chi connectivity index (χ3v) is 6.78. The van der Waals surface area contributed by atoms with E-state index in [1.165, 1.54) is 0 Å². The van der Waals surface area contributed by atoms with E-state index in [0.717, 1.165) is 40.4 Å². The molecule has 1 heterocycles. The molecule has 0 aliphatic carbocycles. The summed E-state index contributed by atoms with van der Waals surface area (Å²) in [6.45, 7) is 2.36. The number of carbonyl (C=O) groups excluding carboxylic acids is 3. The summed E-state index contributed by atoms with van der Waals surface area (Å²) in [6.07, 6.45) is 3.51. The molecule has 0 spiro atoms. The maximum atomic E-state index is 13.9. The summed E-state index contributed by atoms with van der Waals surface area (Å²) < 4.78 is 5.45. The van der Waals surface area contributed by atoms with Crippen molar-refractivity contribution < 1.29 is 33.9 Å². The second-order valence-corrected chi connectivity index (χ2v) is 9.89. The Hall–Kier alpha value is -3.92. The highest BCUT2D eigenvalue weighted by molar-refractivity contribution is 5.90. The SMILES string of the molecule is CCCCCC[C@@H](CC(=O)NOCc1ccccc1)C(=O)N1[C@H](C(=O)O)CCCN1C(=O)OCc1ccccc1. The van der Waals surface area contributed by atoms with Gasteiger partial charge >= 0.3 is 12.1 Å². The predicted octanol–water partition coefficient (Wildman–Crippen LogP) is 4.84. The zero-order valence-electron chi connectivity index (χ0n) is 23.0. The summed E-state index contributed by atoms with van der Waals surface area (Å²) in [4.78, 5) is 57.3. The fourth-order valence-corrected chi connectivity index (χ4v) is 4.66. The molecule has 3 rings (SSSR count). The number of unbranched alkanes of at least 4 members (excludes halogenated alkanes) is 3. The number of aliphatic carboxylic acids is 1. The van der Waals surface area contributed by atoms with Crippen molar-refractivity contribution in [2.24, 2.45) is 5.92 Å². The zero-order valence-corrected chi connectivity index (χ0v) is 23.0. The highest BCUT2D eigenvalue weighted by atomic mass is 16.6. The van der Waals surface area contributed by atoms with Gasteiger partial charge in [-0.25, -0.2) is 25.1 Å². The van der Waals surface area contributed by atoms with Crippen molar-refractivity contribution in [2.75, 3.05) is 6.54 Å². The number of carboxylic acid groups (broad SMARTS) is 1. The van der Waals surface area contributed by atoms with Gasteiger partial charge in [0.15, 0.2) is 6.04 Å². The standard InChI is InChI=1S/C30H39N3O7/c1-2-3-4-11-17-25(20-27(34)31-40-22-24-15-9-6-10-16-24)28(35)33-26(29(36)37)18-12-19-32(33)30(38)39-21-23-13-7-5-8-14-23/h5-10,13-16,25-26H,2-4,11-12,17-22H2,1H3,(H,31,34)(H,36,37)/t25-,26-/m0/s1. The first-order valence-electron chi connectivity index (χ1n) is 13.9. The number of hydroxylamine groups is 1. The first-order chi connectivity index (χ1) is 19.4. The third kappa shape index (κ3) is 9.37. The van der Waals surface area contributed by atoms with Crippen molar-refractivity contribution in [2.45, 2.75) is 77.5 Å². The summed E-state index contributed by atoms with van der Waals surface area (Å²) in [6, 6.07) is 17.2. The average Bonchev–Trinajstić information content (AvgIpc) is 2.97. The Morgan fingerprint density at radius 2 is 1.60 bits per heavy atom. The second-order valence-electron chi connectivity index (χ2n) is 9.89. The quantitative estimate of drug-likeness (QED) is 0.253. The molecule has 0 bridgehead atoms. The van der Waals surface area contributed by atoms with Gasteiger partial charge in [-0.3, -0.25) is 14.4 Å². The van der Waals surface area contributed by atoms with E-state index in [4.69, 9.17) is 9.57 Å². The average molecular weight is 554 g/mol. The lowest BCUT2D eigenvalue weighted by Crippen LogP contribution is -2.61. The summed E-state index contributed by atoms with van der Waals surface area (Å²) >= 11 is 0. The van der Waals surface area contributed by atoms with Crippen molar-refractivity contribution in [3.05, 3.63) is 71.8 Å². The van der Waals surface area contributed by atoms with Gasteiger partial charge in [-0.15, -0.1) is 0 Å². The van der Waals surface area contributed by atoms with Gasteiger partial charge in [0.05, 0.1) is 6.61 Å². The molecule has 3 amide bonds. The van der Waals surface area contributed by atoms with Crippen LogP contribution >= 0.6 is 0 Å². The highest BCUT2D eigenvalue weighted by Gasteiger charge is 2.43. The molecule has 2 atom stereocenters. The van der Waals surface area contributed by atoms with Crippen LogP contribution in [0.4, 0.5) is 4.79 Å². The number of nitrogens with zero attached hydrogens (tertiary/aromatic N) is 2. The number of rotatable bonds is 14. The predicted molar refractivity (Wildman–Crippen MR) is 147 cm³/mol. The van der Waals surface area contributed by atoms with E-state index >= 15 is 0 Å². The molecule has 40 heavy (non-hydrogen) atoms. The lowest BCUT2D eigenvalue weighted by molar-refractivity contribution is -0.174. The number of benzene rings is 2. The Morgan fingerprint density at radius 3 is 2.23 bits per heavy atom. The lowest BCUT2D eigenvalue weighted by atomic mass is 9.94. The zero-order chi connectivity index (χ0) is 28.7. The Bertz CT molecular complexity index is 1100. The number of ether oxygens (including phenoxy) is 1. The smallest absolute Gasteiger partial charge is 0.429 e. The molecular formula is C30H39N3O7. The molecule has 2 N–H and O–H groups in total. The number of hydrogen-bond donors (Lipinski definition) is 2. The van der Waals surface area contributed by atoms with Crippen molar-refractivity contribution in [1.82, 2.24) is 15.5 Å². The van der Waals surface area contributed by atoms with Crippen LogP contribution in [-0.2, 0) is 37.2 Å². The van der Waals surface area contributed by atoms with Gasteiger partial charge in [-0.2, -0.15) is 0 Å². The number of carbonyl (C=O) groups is 4. The molecule has 2 aromatic rings. The minimum absolute atomic E-state index is 0.0163. The molecule has 1 fully saturated rings. The molecule has 0 radical (unpaired) electrons. The van der Waals surface area contributed by atoms with Gasteiger partial charge in [0.2, 0.25) is 11.8 Å². The Morgan fingerprint density at radius 1 is 0.950 bits per heavy atom. The molecule has 0 saturated carbocycles. The summed E-state index contributed by atoms with van der Waals surface area (Å²) in [5.74, 6) is -3.12. The number of carboxylic acids is 1. The van der Waals surface area contributed by atoms with Gasteiger partial charge in [-0.1, -0.05) is 93.3 Å². The monoisotopic (exact) mass is 553 g/mol. The molecule has 1 aliphatic heterocycles. The van der Waals surface area contributed by atoms with Crippen LogP contribution in [0.25, 0.3) is 0 Å². The molecule has 216 valence electrons. The van der Waals surface area contributed by atoms with E-state index in [0.29, 0.717) is 19.3 Å². The van der Waals surface area contributed by atoms with E-state index in [1.807, 2.05) is 48.5 Å². The normalized spacial score (nSPS) is 15.8. The molecule has 0 aromatic heterocycles. The van der Waals surface area contributed by atoms with E-state index in [2.05, 4.69) is 12.4 Å². The van der Waals surface area contributed by atoms with E-state index in [9.17, 15) is 24.3 Å². The Balaban J connectivity index is 1.72. The van der Waals surface area contributed by atoms with Gasteiger partial charge in [0.1, 0.15) is 6.61 Å². The molecular weight excluding hydrogens is 514 g/mol. The van der Waals surface area contributed by atoms with Crippen LogP contribution in [0, 0.1) is 5.92 Å². The van der Waals surface area contributed by atoms with Crippen molar-refractivity contribution >= 4 is 23.9 Å². The van der Waals surface area contributed by atoms with Crippen LogP contribution < -0.4 is 5.48 Å². The summed E-state index contributed by atoms with van der Waals surface area (Å²) in [5.41, 5.74) is 4.03. The van der Waals surface area contributed by atoms with Crippen LogP contribution in [0.5, 0.6) is 0 Å². The summed E-state index contributed by atoms with van der Waals surface area (Å²) in [7, 11) is 0. The molecule has 1 aliphatic rings. The second kappa shape index (κ2) is 16.2. The van der Waals surface area contributed by atoms with Crippen LogP contribution in [-0.4, -0.2) is 51.6 Å². The van der Waals surface area contributed by atoms with E-state index in [-0.39, 0.29) is 32.6 Å². The fourth-order valence-electron chi connectivity index (χ4n) is 4.66. The molecule has 0 unspecified atom stereocenters. The molecule has 1 saturated heterocycles. The maximum absolute atomic E-state index is 13.9. The Kier molecular flexibility index (Phi) is 12.4. The minimum atomic E-state index is -1.24. The highest BCUT2D eigenvalue weighted by Crippen LogP contribution is 2.26. The van der Waals surface area contributed by atoms with Crippen molar-refractivity contribution in [1.29, 1.82) is 0 Å². The van der Waals surface area contributed by atoms with Crippen LogP contribution in [0.2, 0.25) is 0 Å². The number of hydrogen-bond acceptors (Lipinski definition) is 6. The number of amides is 3. The lowest BCUT2D eigenvalue weighted by Gasteiger charge is -2.42. The first kappa shape index (κ1) is 30.6. The summed E-state index contributed by atoms with van der Waals surface area (Å²) in [5, 5.41) is 12.0. The topological polar surface area (TPSA) is 125 Å². The van der Waals surface area contributed by atoms with Crippen LogP contribution in [0.1, 0.15) is 69.4 Å². The third-order valence-electron chi connectivity index (χ3n) is 6.78. The fraction of sp³-hybridized carbons (Fsp3) is 0.467. The van der Waals surface area contributed by atoms with E-state index in [1.54, 1.807) is 12.1 Å². The van der Waals surface area contributed by atoms with Gasteiger partial charge in [-0.05, 0) is 30.4 Å². The largest absolute Gasteiger partial charge is 0.480 e. The Labute approximate surface area is 235 Å². The maximum Gasteiger partial charge on any atom is 0.429 e. The minimum Gasteiger partial charge on any atom is -0.480 e. The van der Waals surface area contributed by atoms with Gasteiger partial charge < -0.3 is 9.84 Å². The molecule has 10 nitrogen and oxygen atoms in total. The molecule has 2 aromatic carbocycles. The number of hydrazine groups is 1. The van der Waals surface area contributed by atoms with Gasteiger partial charge in [0, 0.05) is 18.9 Å².